The number of aryl methyl sites for hydroxylation is 1. The first-order valence-electron chi connectivity index (χ1n) is 10.3. The van der Waals surface area contributed by atoms with Gasteiger partial charge in [-0.1, -0.05) is 71.8 Å². The number of nitrogens with one attached hydrogen (secondary N) is 1. The maximum atomic E-state index is 6.60. The first-order valence-corrected chi connectivity index (χ1v) is 12.0. The molecule has 4 heteroatoms. The first-order chi connectivity index (χ1) is 14.6. The molecule has 152 valence electrons. The van der Waals surface area contributed by atoms with Gasteiger partial charge >= 0.3 is 0 Å². The SMILES string of the molecule is Cc1cc(CSc2ccccc2)cc2c1N[C@H](c1ccc(Cl)cc1Cl)[C@H]1CC=C[C@H]21. The van der Waals surface area contributed by atoms with Crippen molar-refractivity contribution in [2.24, 2.45) is 5.92 Å². The minimum Gasteiger partial charge on any atom is -0.377 e. The van der Waals surface area contributed by atoms with Crippen LogP contribution in [0, 0.1) is 12.8 Å². The van der Waals surface area contributed by atoms with Gasteiger partial charge in [0.15, 0.2) is 0 Å². The van der Waals surface area contributed by atoms with Crippen LogP contribution in [-0.2, 0) is 5.75 Å². The summed E-state index contributed by atoms with van der Waals surface area (Å²) in [6.07, 6.45) is 5.77. The smallest absolute Gasteiger partial charge is 0.0568 e. The van der Waals surface area contributed by atoms with Gasteiger partial charge < -0.3 is 5.32 Å². The van der Waals surface area contributed by atoms with Crippen molar-refractivity contribution in [2.45, 2.75) is 36.0 Å². The van der Waals surface area contributed by atoms with Crippen LogP contribution in [0.2, 0.25) is 10.0 Å². The Morgan fingerprint density at radius 2 is 1.83 bits per heavy atom. The lowest BCUT2D eigenvalue weighted by atomic mass is 9.76. The van der Waals surface area contributed by atoms with Gasteiger partial charge in [-0.3, -0.25) is 0 Å². The second-order valence-corrected chi connectivity index (χ2v) is 10.0. The number of anilines is 1. The Hall–Kier alpha value is -1.87. The molecule has 0 aromatic heterocycles. The van der Waals surface area contributed by atoms with E-state index in [0.29, 0.717) is 16.9 Å². The van der Waals surface area contributed by atoms with Crippen LogP contribution in [0.15, 0.2) is 77.7 Å². The summed E-state index contributed by atoms with van der Waals surface area (Å²) in [5, 5.41) is 5.26. The van der Waals surface area contributed by atoms with E-state index in [2.05, 4.69) is 72.9 Å². The van der Waals surface area contributed by atoms with Gasteiger partial charge in [-0.15, -0.1) is 11.8 Å². The molecule has 30 heavy (non-hydrogen) atoms. The fraction of sp³-hybridized carbons (Fsp3) is 0.231. The third kappa shape index (κ3) is 3.77. The first kappa shape index (κ1) is 20.1. The maximum Gasteiger partial charge on any atom is 0.0568 e. The topological polar surface area (TPSA) is 12.0 Å². The molecule has 1 aliphatic heterocycles. The van der Waals surface area contributed by atoms with E-state index in [1.807, 2.05) is 23.9 Å². The van der Waals surface area contributed by atoms with Crippen LogP contribution in [-0.4, -0.2) is 0 Å². The highest BCUT2D eigenvalue weighted by Crippen LogP contribution is 2.52. The van der Waals surface area contributed by atoms with Crippen LogP contribution in [0.4, 0.5) is 5.69 Å². The predicted molar refractivity (Wildman–Crippen MR) is 130 cm³/mol. The van der Waals surface area contributed by atoms with E-state index in [0.717, 1.165) is 22.8 Å². The minimum atomic E-state index is 0.186. The van der Waals surface area contributed by atoms with Crippen molar-refractivity contribution < 1.29 is 0 Å². The molecule has 3 atom stereocenters. The molecule has 1 aliphatic carbocycles. The zero-order valence-corrected chi connectivity index (χ0v) is 19.1. The zero-order chi connectivity index (χ0) is 20.7. The van der Waals surface area contributed by atoms with Crippen molar-refractivity contribution in [1.29, 1.82) is 0 Å². The number of hydrogen-bond acceptors (Lipinski definition) is 2. The van der Waals surface area contributed by atoms with E-state index in [9.17, 15) is 0 Å². The van der Waals surface area contributed by atoms with Gasteiger partial charge in [0.25, 0.3) is 0 Å². The molecule has 0 saturated carbocycles. The molecule has 1 nitrogen and oxygen atoms in total. The van der Waals surface area contributed by atoms with Gasteiger partial charge in [-0.2, -0.15) is 0 Å². The summed E-state index contributed by atoms with van der Waals surface area (Å²) in [5.74, 6) is 1.86. The van der Waals surface area contributed by atoms with Gasteiger partial charge in [0.05, 0.1) is 6.04 Å². The number of thioether (sulfide) groups is 1. The molecule has 0 saturated heterocycles. The predicted octanol–water partition coefficient (Wildman–Crippen LogP) is 8.42. The summed E-state index contributed by atoms with van der Waals surface area (Å²) in [6, 6.07) is 21.4. The highest BCUT2D eigenvalue weighted by molar-refractivity contribution is 7.98. The fourth-order valence-corrected chi connectivity index (χ4v) is 6.17. The van der Waals surface area contributed by atoms with Crippen molar-refractivity contribution in [3.8, 4) is 0 Å². The van der Waals surface area contributed by atoms with Gasteiger partial charge in [0.1, 0.15) is 0 Å². The zero-order valence-electron chi connectivity index (χ0n) is 16.7. The number of rotatable bonds is 4. The molecule has 5 rings (SSSR count). The van der Waals surface area contributed by atoms with E-state index >= 15 is 0 Å². The second-order valence-electron chi connectivity index (χ2n) is 8.12. The Balaban J connectivity index is 1.48. The third-order valence-corrected chi connectivity index (χ3v) is 7.82. The van der Waals surface area contributed by atoms with Crippen LogP contribution < -0.4 is 5.32 Å². The molecule has 2 aliphatic rings. The molecular weight excluding hydrogens is 429 g/mol. The molecule has 3 aromatic rings. The Bertz CT molecular complexity index is 1110. The Kier molecular flexibility index (Phi) is 5.58. The molecule has 1 N–H and O–H groups in total. The largest absolute Gasteiger partial charge is 0.377 e. The van der Waals surface area contributed by atoms with Crippen molar-refractivity contribution in [3.63, 3.8) is 0 Å². The normalized spacial score (nSPS) is 21.8. The third-order valence-electron chi connectivity index (χ3n) is 6.17. The molecular formula is C26H23Cl2NS. The molecule has 0 amide bonds. The summed E-state index contributed by atoms with van der Waals surface area (Å²) >= 11 is 14.6. The van der Waals surface area contributed by atoms with Gasteiger partial charge in [-0.25, -0.2) is 0 Å². The lowest BCUT2D eigenvalue weighted by molar-refractivity contribution is 0.425. The summed E-state index contributed by atoms with van der Waals surface area (Å²) < 4.78 is 0. The summed E-state index contributed by atoms with van der Waals surface area (Å²) in [5.41, 5.74) is 6.48. The van der Waals surface area contributed by atoms with Gasteiger partial charge in [0.2, 0.25) is 0 Å². The van der Waals surface area contributed by atoms with Crippen LogP contribution in [0.1, 0.15) is 40.6 Å². The molecule has 0 bridgehead atoms. The quantitative estimate of drug-likeness (QED) is 0.315. The standard InChI is InChI=1S/C26H23Cl2NS/c1-16-12-17(15-30-19-6-3-2-4-7-19)13-23-20-8-5-9-21(20)26(29-25(16)23)22-11-10-18(27)14-24(22)28/h2-8,10-14,20-21,26,29H,9,15H2,1H3/t20-,21-,26-/m0/s1. The Labute approximate surface area is 192 Å². The van der Waals surface area contributed by atoms with E-state index in [1.165, 1.54) is 27.3 Å². The molecule has 0 unspecified atom stereocenters. The van der Waals surface area contributed by atoms with Crippen molar-refractivity contribution >= 4 is 40.7 Å². The average Bonchev–Trinajstić information content (AvgIpc) is 3.23. The van der Waals surface area contributed by atoms with Crippen LogP contribution >= 0.6 is 35.0 Å². The molecule has 3 aromatic carbocycles. The van der Waals surface area contributed by atoms with E-state index < -0.39 is 0 Å². The maximum absolute atomic E-state index is 6.60. The van der Waals surface area contributed by atoms with E-state index in [4.69, 9.17) is 23.2 Å². The number of benzene rings is 3. The number of halogens is 2. The Morgan fingerprint density at radius 3 is 2.63 bits per heavy atom. The number of allylic oxidation sites excluding steroid dienone is 2. The van der Waals surface area contributed by atoms with E-state index in [1.54, 1.807) is 0 Å². The van der Waals surface area contributed by atoms with Crippen molar-refractivity contribution in [3.05, 3.63) is 105 Å². The lowest BCUT2D eigenvalue weighted by Gasteiger charge is -2.39. The number of hydrogen-bond donors (Lipinski definition) is 1. The minimum absolute atomic E-state index is 0.186. The van der Waals surface area contributed by atoms with Gasteiger partial charge in [-0.05, 0) is 65.8 Å². The molecule has 1 heterocycles. The molecule has 0 fully saturated rings. The van der Waals surface area contributed by atoms with Crippen molar-refractivity contribution in [2.75, 3.05) is 5.32 Å². The highest BCUT2D eigenvalue weighted by atomic mass is 35.5. The highest BCUT2D eigenvalue weighted by Gasteiger charge is 2.39. The molecule has 0 radical (unpaired) electrons. The summed E-state index contributed by atoms with van der Waals surface area (Å²) in [7, 11) is 0. The summed E-state index contributed by atoms with van der Waals surface area (Å²) in [6.45, 7) is 2.21. The van der Waals surface area contributed by atoms with Gasteiger partial charge in [0, 0.05) is 32.3 Å². The average molecular weight is 452 g/mol. The fourth-order valence-electron chi connectivity index (χ4n) is 4.79. The monoisotopic (exact) mass is 451 g/mol. The van der Waals surface area contributed by atoms with Crippen LogP contribution in [0.25, 0.3) is 0 Å². The van der Waals surface area contributed by atoms with Crippen LogP contribution in [0.3, 0.4) is 0 Å². The van der Waals surface area contributed by atoms with Crippen LogP contribution in [0.5, 0.6) is 0 Å². The Morgan fingerprint density at radius 1 is 1.00 bits per heavy atom. The van der Waals surface area contributed by atoms with E-state index in [-0.39, 0.29) is 6.04 Å². The second kappa shape index (κ2) is 8.34. The summed E-state index contributed by atoms with van der Waals surface area (Å²) in [4.78, 5) is 1.31. The van der Waals surface area contributed by atoms with Crippen molar-refractivity contribution in [1.82, 2.24) is 0 Å². The number of fused-ring (bicyclic) bond motifs is 3. The lowest BCUT2D eigenvalue weighted by Crippen LogP contribution is -2.30. The molecule has 0 spiro atoms.